The van der Waals surface area contributed by atoms with Crippen LogP contribution in [0.4, 0.5) is 10.2 Å². The molecule has 0 radical (unpaired) electrons. The molecule has 2 unspecified atom stereocenters. The number of aryl methyl sites for hydroxylation is 1. The molecule has 1 aromatic carbocycles. The van der Waals surface area contributed by atoms with Gasteiger partial charge < -0.3 is 15.5 Å². The number of halogens is 2. The van der Waals surface area contributed by atoms with Gasteiger partial charge in [0.05, 0.1) is 10.6 Å². The quantitative estimate of drug-likeness (QED) is 0.734. The number of aliphatic hydroxyl groups is 2. The van der Waals surface area contributed by atoms with Crippen LogP contribution in [0.3, 0.4) is 0 Å². The largest absolute Gasteiger partial charge is 0.389 e. The van der Waals surface area contributed by atoms with Gasteiger partial charge in [-0.15, -0.1) is 0 Å². The number of rotatable bonds is 4. The monoisotopic (exact) mass is 355 g/mol. The van der Waals surface area contributed by atoms with Crippen molar-refractivity contribution in [1.29, 1.82) is 0 Å². The van der Waals surface area contributed by atoms with Crippen molar-refractivity contribution in [2.75, 3.05) is 5.32 Å². The third-order valence-corrected chi connectivity index (χ3v) is 3.43. The SMILES string of the molecule is Cc1cc(NC(O)C(C)O)nc(-c2ccc(Br)c(F)c2)n1. The summed E-state index contributed by atoms with van der Waals surface area (Å²) in [6.07, 6.45) is -2.09. The number of hydrogen-bond donors (Lipinski definition) is 3. The maximum Gasteiger partial charge on any atom is 0.161 e. The van der Waals surface area contributed by atoms with Crippen molar-refractivity contribution in [2.24, 2.45) is 0 Å². The topological polar surface area (TPSA) is 78.3 Å². The molecule has 21 heavy (non-hydrogen) atoms. The number of anilines is 1. The van der Waals surface area contributed by atoms with Gasteiger partial charge >= 0.3 is 0 Å². The van der Waals surface area contributed by atoms with Crippen molar-refractivity contribution >= 4 is 21.7 Å². The zero-order valence-electron chi connectivity index (χ0n) is 11.5. The minimum Gasteiger partial charge on any atom is -0.389 e. The second-order valence-electron chi connectivity index (χ2n) is 4.68. The van der Waals surface area contributed by atoms with Crippen molar-refractivity contribution in [2.45, 2.75) is 26.2 Å². The molecule has 0 bridgehead atoms. The van der Waals surface area contributed by atoms with Crippen molar-refractivity contribution in [3.8, 4) is 11.4 Å². The van der Waals surface area contributed by atoms with E-state index in [0.29, 0.717) is 27.4 Å². The second-order valence-corrected chi connectivity index (χ2v) is 5.53. The molecule has 3 N–H and O–H groups in total. The summed E-state index contributed by atoms with van der Waals surface area (Å²) >= 11 is 3.09. The van der Waals surface area contributed by atoms with Crippen LogP contribution in [-0.2, 0) is 0 Å². The lowest BCUT2D eigenvalue weighted by atomic mass is 10.2. The van der Waals surface area contributed by atoms with Gasteiger partial charge in [-0.2, -0.15) is 0 Å². The maximum atomic E-state index is 13.6. The Labute approximate surface area is 130 Å². The Morgan fingerprint density at radius 1 is 1.24 bits per heavy atom. The molecule has 0 saturated heterocycles. The molecule has 0 aliphatic carbocycles. The van der Waals surface area contributed by atoms with E-state index in [1.54, 1.807) is 25.1 Å². The van der Waals surface area contributed by atoms with E-state index in [4.69, 9.17) is 0 Å². The molecular formula is C14H15BrFN3O2. The molecular weight excluding hydrogens is 341 g/mol. The first kappa shape index (κ1) is 15.8. The predicted octanol–water partition coefficient (Wildman–Crippen LogP) is 2.46. The third-order valence-electron chi connectivity index (χ3n) is 2.78. The summed E-state index contributed by atoms with van der Waals surface area (Å²) in [5, 5.41) is 21.6. The van der Waals surface area contributed by atoms with Crippen molar-refractivity contribution in [3.05, 3.63) is 40.2 Å². The summed E-state index contributed by atoms with van der Waals surface area (Å²) in [5.74, 6) is 0.284. The highest BCUT2D eigenvalue weighted by molar-refractivity contribution is 9.10. The highest BCUT2D eigenvalue weighted by Gasteiger charge is 2.13. The smallest absolute Gasteiger partial charge is 0.161 e. The highest BCUT2D eigenvalue weighted by atomic mass is 79.9. The minimum absolute atomic E-state index is 0.335. The molecule has 5 nitrogen and oxygen atoms in total. The molecule has 1 heterocycles. The fourth-order valence-corrected chi connectivity index (χ4v) is 1.93. The summed E-state index contributed by atoms with van der Waals surface area (Å²) in [6, 6.07) is 6.23. The Bertz CT molecular complexity index is 652. The van der Waals surface area contributed by atoms with E-state index >= 15 is 0 Å². The molecule has 0 aliphatic rings. The molecule has 2 atom stereocenters. The van der Waals surface area contributed by atoms with Crippen LogP contribution in [-0.4, -0.2) is 32.5 Å². The molecule has 2 aromatic rings. The van der Waals surface area contributed by atoms with Gasteiger partial charge in [-0.05, 0) is 48.0 Å². The highest BCUT2D eigenvalue weighted by Crippen LogP contribution is 2.23. The number of benzene rings is 1. The molecule has 0 amide bonds. The number of nitrogens with one attached hydrogen (secondary N) is 1. The van der Waals surface area contributed by atoms with E-state index in [-0.39, 0.29) is 0 Å². The van der Waals surface area contributed by atoms with E-state index < -0.39 is 18.1 Å². The lowest BCUT2D eigenvalue weighted by Gasteiger charge is -2.16. The average Bonchev–Trinajstić information content (AvgIpc) is 2.41. The Morgan fingerprint density at radius 2 is 1.95 bits per heavy atom. The van der Waals surface area contributed by atoms with E-state index in [1.807, 2.05) is 0 Å². The lowest BCUT2D eigenvalue weighted by molar-refractivity contribution is 0.0494. The molecule has 112 valence electrons. The van der Waals surface area contributed by atoms with Crippen LogP contribution in [0.5, 0.6) is 0 Å². The Hall–Kier alpha value is -1.57. The van der Waals surface area contributed by atoms with Crippen LogP contribution < -0.4 is 5.32 Å². The molecule has 7 heteroatoms. The summed E-state index contributed by atoms with van der Waals surface area (Å²) in [4.78, 5) is 8.47. The first-order chi connectivity index (χ1) is 9.86. The summed E-state index contributed by atoms with van der Waals surface area (Å²) in [5.41, 5.74) is 1.18. The van der Waals surface area contributed by atoms with Crippen LogP contribution >= 0.6 is 15.9 Å². The van der Waals surface area contributed by atoms with Gasteiger partial charge in [0.15, 0.2) is 12.1 Å². The van der Waals surface area contributed by atoms with Crippen LogP contribution in [0.2, 0.25) is 0 Å². The number of hydrogen-bond acceptors (Lipinski definition) is 5. The minimum atomic E-state index is -1.14. The van der Waals surface area contributed by atoms with Gasteiger partial charge in [0.2, 0.25) is 0 Å². The third kappa shape index (κ3) is 3.96. The summed E-state index contributed by atoms with van der Waals surface area (Å²) in [6.45, 7) is 3.22. The summed E-state index contributed by atoms with van der Waals surface area (Å²) in [7, 11) is 0. The van der Waals surface area contributed by atoms with Crippen LogP contribution in [0, 0.1) is 12.7 Å². The van der Waals surface area contributed by atoms with Crippen LogP contribution in [0.25, 0.3) is 11.4 Å². The van der Waals surface area contributed by atoms with Crippen molar-refractivity contribution in [3.63, 3.8) is 0 Å². The van der Waals surface area contributed by atoms with Gasteiger partial charge in [0.1, 0.15) is 11.6 Å². The van der Waals surface area contributed by atoms with E-state index in [1.165, 1.54) is 13.0 Å². The van der Waals surface area contributed by atoms with Gasteiger partial charge in [-0.25, -0.2) is 14.4 Å². The Morgan fingerprint density at radius 3 is 2.57 bits per heavy atom. The summed E-state index contributed by atoms with van der Waals surface area (Å²) < 4.78 is 14.0. The van der Waals surface area contributed by atoms with Crippen molar-refractivity contribution in [1.82, 2.24) is 9.97 Å². The first-order valence-corrected chi connectivity index (χ1v) is 7.10. The predicted molar refractivity (Wildman–Crippen MR) is 81.2 cm³/mol. The Kier molecular flexibility index (Phi) is 4.87. The first-order valence-electron chi connectivity index (χ1n) is 6.30. The second kappa shape index (κ2) is 6.46. The van der Waals surface area contributed by atoms with Crippen LogP contribution in [0.1, 0.15) is 12.6 Å². The standard InChI is InChI=1S/C14H15BrFN3O2/c1-7-5-12(19-14(21)8(2)20)18-13(17-7)9-3-4-10(15)11(16)6-9/h3-6,8,14,20-21H,1-2H3,(H,17,18,19). The van der Waals surface area contributed by atoms with Crippen LogP contribution in [0.15, 0.2) is 28.7 Å². The van der Waals surface area contributed by atoms with E-state index in [2.05, 4.69) is 31.2 Å². The maximum absolute atomic E-state index is 13.6. The average molecular weight is 356 g/mol. The van der Waals surface area contributed by atoms with Crippen molar-refractivity contribution < 1.29 is 14.6 Å². The van der Waals surface area contributed by atoms with E-state index in [0.717, 1.165) is 0 Å². The van der Waals surface area contributed by atoms with Gasteiger partial charge in [-0.1, -0.05) is 0 Å². The van der Waals surface area contributed by atoms with Gasteiger partial charge in [0.25, 0.3) is 0 Å². The molecule has 0 fully saturated rings. The molecule has 1 aromatic heterocycles. The zero-order valence-corrected chi connectivity index (χ0v) is 13.1. The zero-order chi connectivity index (χ0) is 15.6. The Balaban J connectivity index is 2.36. The normalized spacial score (nSPS) is 13.8. The van der Waals surface area contributed by atoms with Gasteiger partial charge in [-0.3, -0.25) is 0 Å². The number of aliphatic hydroxyl groups excluding tert-OH is 2. The fraction of sp³-hybridized carbons (Fsp3) is 0.286. The lowest BCUT2D eigenvalue weighted by Crippen LogP contribution is -2.31. The van der Waals surface area contributed by atoms with Gasteiger partial charge in [0, 0.05) is 17.3 Å². The number of aromatic nitrogens is 2. The molecule has 2 rings (SSSR count). The molecule has 0 spiro atoms. The number of nitrogens with zero attached hydrogens (tertiary/aromatic N) is 2. The molecule has 0 saturated carbocycles. The fourth-order valence-electron chi connectivity index (χ4n) is 1.68. The molecule has 0 aliphatic heterocycles. The van der Waals surface area contributed by atoms with E-state index in [9.17, 15) is 14.6 Å².